The van der Waals surface area contributed by atoms with Gasteiger partial charge in [-0.05, 0) is 41.0 Å². The third-order valence-corrected chi connectivity index (χ3v) is 5.81. The van der Waals surface area contributed by atoms with Gasteiger partial charge in [-0.15, -0.1) is 0 Å². The Hall–Kier alpha value is -3.44. The zero-order valence-corrected chi connectivity index (χ0v) is 19.3. The average Bonchev–Trinajstić information content (AvgIpc) is 2.87. The average molecular weight is 524 g/mol. The number of alkyl halides is 6. The fourth-order valence-electron chi connectivity index (χ4n) is 4.11. The van der Waals surface area contributed by atoms with Crippen LogP contribution >= 0.6 is 0 Å². The van der Waals surface area contributed by atoms with Gasteiger partial charge in [0.1, 0.15) is 6.04 Å². The molecule has 0 saturated carbocycles. The minimum Gasteiger partial charge on any atom is -0.348 e. The summed E-state index contributed by atoms with van der Waals surface area (Å²) in [5, 5.41) is 0. The lowest BCUT2D eigenvalue weighted by Crippen LogP contribution is -2.49. The summed E-state index contributed by atoms with van der Waals surface area (Å²) in [5.74, 6) is -0.253. The van der Waals surface area contributed by atoms with E-state index < -0.39 is 42.4 Å². The summed E-state index contributed by atoms with van der Waals surface area (Å²) >= 11 is 0. The zero-order chi connectivity index (χ0) is 26.6. The maximum absolute atomic E-state index is 13.3. The minimum absolute atomic E-state index is 0.0481. The standard InChI is InChI=1S/C26H22F6N2O3/c27-25(28,29)20-11-18(12-21(14-20)26(30,31)32)16-37-24-23(19-6-2-1-3-7-19)34(9-10-36-24)22(35)13-17-5-4-8-33-15-17/h1-8,11-12,14-15,23-24H,9-10,13,16H2. The van der Waals surface area contributed by atoms with Crippen molar-refractivity contribution in [2.24, 2.45) is 0 Å². The van der Waals surface area contributed by atoms with E-state index in [9.17, 15) is 31.1 Å². The normalized spacial score (nSPS) is 18.6. The first-order valence-corrected chi connectivity index (χ1v) is 11.3. The molecule has 1 fully saturated rings. The Bertz CT molecular complexity index is 1170. The summed E-state index contributed by atoms with van der Waals surface area (Å²) in [4.78, 5) is 18.8. The number of benzene rings is 2. The molecular weight excluding hydrogens is 502 g/mol. The summed E-state index contributed by atoms with van der Waals surface area (Å²) < 4.78 is 91.0. The molecule has 1 saturated heterocycles. The van der Waals surface area contributed by atoms with Gasteiger partial charge in [0.2, 0.25) is 5.91 Å². The SMILES string of the molecule is O=C(Cc1cccnc1)N1CCOC(OCc2cc(C(F)(F)F)cc(C(F)(F)F)c2)C1c1ccccc1. The number of halogens is 6. The number of carbonyl (C=O) groups is 1. The van der Waals surface area contributed by atoms with E-state index in [2.05, 4.69) is 4.98 Å². The Morgan fingerprint density at radius 3 is 2.22 bits per heavy atom. The molecule has 1 aromatic heterocycles. The van der Waals surface area contributed by atoms with Crippen LogP contribution in [-0.4, -0.2) is 35.2 Å². The van der Waals surface area contributed by atoms with Gasteiger partial charge in [0.15, 0.2) is 6.29 Å². The van der Waals surface area contributed by atoms with Crippen molar-refractivity contribution in [1.29, 1.82) is 0 Å². The summed E-state index contributed by atoms with van der Waals surface area (Å²) in [7, 11) is 0. The van der Waals surface area contributed by atoms with Crippen molar-refractivity contribution in [3.63, 3.8) is 0 Å². The van der Waals surface area contributed by atoms with Crippen LogP contribution in [0.15, 0.2) is 73.1 Å². The van der Waals surface area contributed by atoms with E-state index in [0.717, 1.165) is 0 Å². The first-order chi connectivity index (χ1) is 17.5. The Morgan fingerprint density at radius 1 is 0.946 bits per heavy atom. The molecule has 0 spiro atoms. The fraction of sp³-hybridized carbons (Fsp3) is 0.308. The number of hydrogen-bond acceptors (Lipinski definition) is 4. The lowest BCUT2D eigenvalue weighted by atomic mass is 10.0. The van der Waals surface area contributed by atoms with Crippen LogP contribution in [0, 0.1) is 0 Å². The van der Waals surface area contributed by atoms with Crippen LogP contribution in [0.25, 0.3) is 0 Å². The molecule has 37 heavy (non-hydrogen) atoms. The third kappa shape index (κ3) is 6.66. The molecular formula is C26H22F6N2O3. The second-order valence-electron chi connectivity index (χ2n) is 8.45. The number of carbonyl (C=O) groups excluding carboxylic acids is 1. The van der Waals surface area contributed by atoms with E-state index in [1.807, 2.05) is 0 Å². The summed E-state index contributed by atoms with van der Waals surface area (Å²) in [6.45, 7) is -0.297. The van der Waals surface area contributed by atoms with E-state index in [1.54, 1.807) is 59.8 Å². The number of nitrogens with zero attached hydrogens (tertiary/aromatic N) is 2. The van der Waals surface area contributed by atoms with Crippen molar-refractivity contribution in [1.82, 2.24) is 9.88 Å². The van der Waals surface area contributed by atoms with Crippen LogP contribution in [0.2, 0.25) is 0 Å². The van der Waals surface area contributed by atoms with E-state index in [4.69, 9.17) is 9.47 Å². The molecule has 4 rings (SSSR count). The highest BCUT2D eigenvalue weighted by Gasteiger charge is 2.39. The van der Waals surface area contributed by atoms with E-state index in [-0.39, 0.29) is 37.1 Å². The van der Waals surface area contributed by atoms with Crippen molar-refractivity contribution in [3.05, 3.63) is 101 Å². The van der Waals surface area contributed by atoms with Gasteiger partial charge in [-0.3, -0.25) is 9.78 Å². The van der Waals surface area contributed by atoms with Crippen LogP contribution in [0.1, 0.15) is 33.9 Å². The largest absolute Gasteiger partial charge is 0.416 e. The van der Waals surface area contributed by atoms with Gasteiger partial charge in [0, 0.05) is 18.9 Å². The Morgan fingerprint density at radius 2 is 1.62 bits per heavy atom. The van der Waals surface area contributed by atoms with Gasteiger partial charge < -0.3 is 14.4 Å². The predicted molar refractivity (Wildman–Crippen MR) is 120 cm³/mol. The number of aromatic nitrogens is 1. The highest BCUT2D eigenvalue weighted by atomic mass is 19.4. The summed E-state index contributed by atoms with van der Waals surface area (Å²) in [6, 6.07) is 12.7. The maximum atomic E-state index is 13.3. The van der Waals surface area contributed by atoms with Crippen LogP contribution in [-0.2, 0) is 39.6 Å². The molecule has 0 radical (unpaired) electrons. The molecule has 0 aliphatic carbocycles. The second-order valence-corrected chi connectivity index (χ2v) is 8.45. The van der Waals surface area contributed by atoms with Crippen LogP contribution in [0.4, 0.5) is 26.3 Å². The van der Waals surface area contributed by atoms with Crippen LogP contribution < -0.4 is 0 Å². The fourth-order valence-corrected chi connectivity index (χ4v) is 4.11. The monoisotopic (exact) mass is 524 g/mol. The van der Waals surface area contributed by atoms with Gasteiger partial charge in [0.25, 0.3) is 0 Å². The molecule has 5 nitrogen and oxygen atoms in total. The smallest absolute Gasteiger partial charge is 0.348 e. The molecule has 11 heteroatoms. The van der Waals surface area contributed by atoms with E-state index >= 15 is 0 Å². The Labute approximate surface area is 208 Å². The molecule has 0 bridgehead atoms. The first kappa shape index (κ1) is 26.6. The third-order valence-electron chi connectivity index (χ3n) is 5.81. The quantitative estimate of drug-likeness (QED) is 0.383. The lowest BCUT2D eigenvalue weighted by Gasteiger charge is -2.41. The van der Waals surface area contributed by atoms with Crippen LogP contribution in [0.3, 0.4) is 0 Å². The maximum Gasteiger partial charge on any atom is 0.416 e. The van der Waals surface area contributed by atoms with E-state index in [0.29, 0.717) is 23.3 Å². The number of pyridine rings is 1. The van der Waals surface area contributed by atoms with Crippen molar-refractivity contribution < 1.29 is 40.6 Å². The van der Waals surface area contributed by atoms with Gasteiger partial charge >= 0.3 is 12.4 Å². The minimum atomic E-state index is -4.97. The van der Waals surface area contributed by atoms with Crippen molar-refractivity contribution >= 4 is 5.91 Å². The highest BCUT2D eigenvalue weighted by molar-refractivity contribution is 5.79. The topological polar surface area (TPSA) is 51.7 Å². The predicted octanol–water partition coefficient (Wildman–Crippen LogP) is 5.80. The summed E-state index contributed by atoms with van der Waals surface area (Å²) in [5.41, 5.74) is -1.85. The lowest BCUT2D eigenvalue weighted by molar-refractivity contribution is -0.217. The molecule has 196 valence electrons. The molecule has 2 atom stereocenters. The number of amides is 1. The van der Waals surface area contributed by atoms with Gasteiger partial charge in [0.05, 0.1) is 30.8 Å². The van der Waals surface area contributed by atoms with Gasteiger partial charge in [-0.2, -0.15) is 26.3 Å². The highest BCUT2D eigenvalue weighted by Crippen LogP contribution is 2.37. The number of ether oxygens (including phenoxy) is 2. The zero-order valence-electron chi connectivity index (χ0n) is 19.3. The first-order valence-electron chi connectivity index (χ1n) is 11.3. The van der Waals surface area contributed by atoms with Gasteiger partial charge in [-0.1, -0.05) is 36.4 Å². The molecule has 1 aliphatic heterocycles. The van der Waals surface area contributed by atoms with Crippen molar-refractivity contribution in [2.75, 3.05) is 13.2 Å². The molecule has 2 aromatic carbocycles. The van der Waals surface area contributed by atoms with E-state index in [1.165, 1.54) is 0 Å². The summed E-state index contributed by atoms with van der Waals surface area (Å²) in [6.07, 6.45) is -7.88. The molecule has 1 amide bonds. The molecule has 3 aromatic rings. The Kier molecular flexibility index (Phi) is 7.84. The van der Waals surface area contributed by atoms with Gasteiger partial charge in [-0.25, -0.2) is 0 Å². The second kappa shape index (κ2) is 10.9. The van der Waals surface area contributed by atoms with Crippen LogP contribution in [0.5, 0.6) is 0 Å². The number of hydrogen-bond donors (Lipinski definition) is 0. The van der Waals surface area contributed by atoms with Crippen molar-refractivity contribution in [3.8, 4) is 0 Å². The molecule has 1 aliphatic rings. The number of morpholine rings is 1. The molecule has 2 heterocycles. The molecule has 0 N–H and O–H groups in total. The van der Waals surface area contributed by atoms with Crippen molar-refractivity contribution in [2.45, 2.75) is 37.7 Å². The number of rotatable bonds is 6. The molecule has 2 unspecified atom stereocenters. The Balaban J connectivity index is 1.60.